The Bertz CT molecular complexity index is 1240. The number of rotatable bonds is 9. The summed E-state index contributed by atoms with van der Waals surface area (Å²) in [7, 11) is 0. The Kier molecular flexibility index (Phi) is 9.86. The number of hydrogen-bond donors (Lipinski definition) is 0. The van der Waals surface area contributed by atoms with Gasteiger partial charge in [0, 0.05) is 19.5 Å². The summed E-state index contributed by atoms with van der Waals surface area (Å²) in [6.07, 6.45) is 1.15. The Morgan fingerprint density at radius 3 is 1.83 bits per heavy atom. The van der Waals surface area contributed by atoms with Crippen molar-refractivity contribution in [1.29, 1.82) is 0 Å². The molecule has 0 N–H and O–H groups in total. The molecular weight excluding hydrogens is 445 g/mol. The summed E-state index contributed by atoms with van der Waals surface area (Å²) >= 11 is 0. The molecule has 170 valence electrons. The van der Waals surface area contributed by atoms with Crippen molar-refractivity contribution in [3.63, 3.8) is 0 Å². The zero-order valence-corrected chi connectivity index (χ0v) is 21.9. The minimum absolute atomic E-state index is 0. The first-order chi connectivity index (χ1) is 16.6. The van der Waals surface area contributed by atoms with Crippen molar-refractivity contribution in [2.24, 2.45) is 0 Å². The van der Waals surface area contributed by atoms with E-state index in [1.54, 1.807) is 24.3 Å². The summed E-state index contributed by atoms with van der Waals surface area (Å²) in [5.74, 6) is -1.08. The Labute approximate surface area is 228 Å². The minimum atomic E-state index is -1.19. The predicted octanol–water partition coefficient (Wildman–Crippen LogP) is 1.88. The van der Waals surface area contributed by atoms with Crippen LogP contribution >= 0.6 is 0 Å². The number of carbonyl (C=O) groups excluding carboxylic acids is 2. The van der Waals surface area contributed by atoms with Gasteiger partial charge in [-0.05, 0) is 45.9 Å². The molecule has 0 aliphatic heterocycles. The molecule has 4 aromatic carbocycles. The third kappa shape index (κ3) is 7.66. The van der Waals surface area contributed by atoms with Crippen LogP contribution in [-0.4, -0.2) is 16.8 Å². The topological polar surface area (TPSA) is 60.4 Å². The van der Waals surface area contributed by atoms with Crippen molar-refractivity contribution < 1.29 is 44.3 Å². The van der Waals surface area contributed by atoms with E-state index in [2.05, 4.69) is 6.07 Å². The van der Waals surface area contributed by atoms with E-state index >= 15 is 0 Å². The number of nitrogens with zero attached hydrogens (tertiary/aromatic N) is 1. The van der Waals surface area contributed by atoms with E-state index in [1.165, 1.54) is 0 Å². The fourth-order valence-corrected chi connectivity index (χ4v) is 3.96. The van der Waals surface area contributed by atoms with Gasteiger partial charge in [-0.15, -0.1) is 0 Å². The smallest absolute Gasteiger partial charge is 0.545 e. The van der Waals surface area contributed by atoms with Gasteiger partial charge in [0.15, 0.2) is 0 Å². The second-order valence-electron chi connectivity index (χ2n) is 8.29. The number of benzene rings is 4. The van der Waals surface area contributed by atoms with Crippen LogP contribution in [0.1, 0.15) is 33.5 Å². The van der Waals surface area contributed by atoms with Crippen molar-refractivity contribution in [3.8, 4) is 11.1 Å². The number of carboxylic acids is 1. The van der Waals surface area contributed by atoms with E-state index < -0.39 is 5.97 Å². The van der Waals surface area contributed by atoms with Crippen molar-refractivity contribution in [2.45, 2.75) is 25.9 Å². The molecule has 35 heavy (non-hydrogen) atoms. The van der Waals surface area contributed by atoms with Crippen molar-refractivity contribution in [1.82, 2.24) is 4.90 Å². The minimum Gasteiger partial charge on any atom is -0.545 e. The zero-order valence-electron chi connectivity index (χ0n) is 19.9. The predicted molar refractivity (Wildman–Crippen MR) is 132 cm³/mol. The number of aryl methyl sites for hydroxylation is 1. The average molecular weight is 472 g/mol. The van der Waals surface area contributed by atoms with Gasteiger partial charge in [-0.25, -0.2) is 0 Å². The molecule has 0 bridgehead atoms. The SMILES string of the molecule is O=C([O-])c1ccc(-c2cccc(CN(Cc3ccccc3)C(=O)CCc3ccccc3)c2)cc1.[Na+]. The molecule has 1 amide bonds. The van der Waals surface area contributed by atoms with Crippen LogP contribution in [0.25, 0.3) is 11.1 Å². The molecule has 0 saturated carbocycles. The molecule has 0 aliphatic rings. The van der Waals surface area contributed by atoms with Gasteiger partial charge in [-0.2, -0.15) is 0 Å². The van der Waals surface area contributed by atoms with E-state index in [0.717, 1.165) is 27.8 Å². The van der Waals surface area contributed by atoms with E-state index in [0.29, 0.717) is 25.9 Å². The molecule has 4 rings (SSSR count). The van der Waals surface area contributed by atoms with E-state index in [1.807, 2.05) is 83.8 Å². The number of aromatic carboxylic acids is 1. The second-order valence-corrected chi connectivity index (χ2v) is 8.29. The molecule has 0 radical (unpaired) electrons. The maximum absolute atomic E-state index is 13.2. The Balaban J connectivity index is 0.00000342. The van der Waals surface area contributed by atoms with Crippen LogP contribution in [0, 0.1) is 0 Å². The summed E-state index contributed by atoms with van der Waals surface area (Å²) in [5.41, 5.74) is 5.29. The molecule has 0 atom stereocenters. The van der Waals surface area contributed by atoms with Gasteiger partial charge in [0.25, 0.3) is 0 Å². The molecule has 0 saturated heterocycles. The van der Waals surface area contributed by atoms with E-state index in [9.17, 15) is 14.7 Å². The van der Waals surface area contributed by atoms with Crippen LogP contribution in [0.4, 0.5) is 0 Å². The summed E-state index contributed by atoms with van der Waals surface area (Å²) in [6, 6.07) is 34.7. The molecular formula is C30H26NNaO3. The standard InChI is InChI=1S/C30H27NO3.Na/c32-29(19-14-23-8-3-1-4-9-23)31(21-24-10-5-2-6-11-24)22-25-12-7-13-28(20-25)26-15-17-27(18-16-26)30(33)34;/h1-13,15-18,20H,14,19,21-22H2,(H,33,34);/q;+1/p-1. The van der Waals surface area contributed by atoms with E-state index in [-0.39, 0.29) is 41.0 Å². The first-order valence-corrected chi connectivity index (χ1v) is 11.3. The molecule has 5 heteroatoms. The van der Waals surface area contributed by atoms with Gasteiger partial charge in [-0.1, -0.05) is 103 Å². The molecule has 0 aromatic heterocycles. The van der Waals surface area contributed by atoms with Crippen LogP contribution in [0.3, 0.4) is 0 Å². The summed E-state index contributed by atoms with van der Waals surface area (Å²) in [5, 5.41) is 11.0. The fourth-order valence-electron chi connectivity index (χ4n) is 3.96. The molecule has 0 unspecified atom stereocenters. The van der Waals surface area contributed by atoms with Crippen LogP contribution in [-0.2, 0) is 24.3 Å². The molecule has 0 aliphatic carbocycles. The largest absolute Gasteiger partial charge is 1.00 e. The van der Waals surface area contributed by atoms with Crippen molar-refractivity contribution >= 4 is 11.9 Å². The summed E-state index contributed by atoms with van der Waals surface area (Å²) < 4.78 is 0. The first kappa shape index (κ1) is 26.4. The van der Waals surface area contributed by atoms with Crippen molar-refractivity contribution in [2.75, 3.05) is 0 Å². The average Bonchev–Trinajstić information content (AvgIpc) is 2.88. The third-order valence-electron chi connectivity index (χ3n) is 5.79. The van der Waals surface area contributed by atoms with Gasteiger partial charge in [-0.3, -0.25) is 4.79 Å². The maximum Gasteiger partial charge on any atom is 1.00 e. The maximum atomic E-state index is 13.2. The van der Waals surface area contributed by atoms with Gasteiger partial charge in [0.1, 0.15) is 0 Å². The number of carbonyl (C=O) groups is 2. The normalized spacial score (nSPS) is 10.3. The molecule has 0 spiro atoms. The second kappa shape index (κ2) is 13.1. The van der Waals surface area contributed by atoms with Crippen LogP contribution in [0.15, 0.2) is 109 Å². The van der Waals surface area contributed by atoms with Crippen molar-refractivity contribution in [3.05, 3.63) is 131 Å². The van der Waals surface area contributed by atoms with Crippen LogP contribution < -0.4 is 34.7 Å². The summed E-state index contributed by atoms with van der Waals surface area (Å²) in [6.45, 7) is 1.03. The molecule has 4 nitrogen and oxygen atoms in total. The fraction of sp³-hybridized carbons (Fsp3) is 0.133. The monoisotopic (exact) mass is 471 g/mol. The third-order valence-corrected chi connectivity index (χ3v) is 5.79. The first-order valence-electron chi connectivity index (χ1n) is 11.3. The molecule has 4 aromatic rings. The van der Waals surface area contributed by atoms with Crippen LogP contribution in [0.5, 0.6) is 0 Å². The number of amides is 1. The van der Waals surface area contributed by atoms with Gasteiger partial charge in [0.2, 0.25) is 5.91 Å². The van der Waals surface area contributed by atoms with Gasteiger partial charge in [0.05, 0.1) is 5.97 Å². The summed E-state index contributed by atoms with van der Waals surface area (Å²) in [4.78, 5) is 26.2. The zero-order chi connectivity index (χ0) is 23.8. The van der Waals surface area contributed by atoms with E-state index in [4.69, 9.17) is 0 Å². The number of carboxylic acid groups (broad SMARTS) is 1. The van der Waals surface area contributed by atoms with Crippen LogP contribution in [0.2, 0.25) is 0 Å². The van der Waals surface area contributed by atoms with Gasteiger partial charge >= 0.3 is 29.6 Å². The molecule has 0 heterocycles. The Hall–Kier alpha value is -3.18. The number of hydrogen-bond acceptors (Lipinski definition) is 3. The van der Waals surface area contributed by atoms with Gasteiger partial charge < -0.3 is 14.8 Å². The molecule has 0 fully saturated rings. The Morgan fingerprint density at radius 2 is 1.20 bits per heavy atom. The quantitative estimate of drug-likeness (QED) is 0.350. The Morgan fingerprint density at radius 1 is 0.629 bits per heavy atom.